The summed E-state index contributed by atoms with van der Waals surface area (Å²) in [5.74, 6) is 0.804. The average Bonchev–Trinajstić information content (AvgIpc) is 3.31. The van der Waals surface area contributed by atoms with Gasteiger partial charge in [-0.2, -0.15) is 0 Å². The van der Waals surface area contributed by atoms with Gasteiger partial charge in [-0.15, -0.1) is 11.3 Å². The van der Waals surface area contributed by atoms with Crippen LogP contribution < -0.4 is 15.7 Å². The van der Waals surface area contributed by atoms with Crippen LogP contribution in [0.3, 0.4) is 0 Å². The van der Waals surface area contributed by atoms with Crippen molar-refractivity contribution >= 4 is 47.4 Å². The number of thiazole rings is 1. The van der Waals surface area contributed by atoms with Crippen LogP contribution in [0.1, 0.15) is 84.3 Å². The van der Waals surface area contributed by atoms with Crippen LogP contribution in [-0.2, 0) is 25.0 Å². The van der Waals surface area contributed by atoms with Gasteiger partial charge < -0.3 is 23.4 Å². The highest BCUT2D eigenvalue weighted by Gasteiger charge is 2.53. The van der Waals surface area contributed by atoms with E-state index in [0.29, 0.717) is 16.8 Å². The molecule has 5 heterocycles. The Morgan fingerprint density at radius 3 is 2.09 bits per heavy atom. The van der Waals surface area contributed by atoms with Crippen LogP contribution in [-0.4, -0.2) is 46.2 Å². The van der Waals surface area contributed by atoms with Crippen molar-refractivity contribution in [2.75, 3.05) is 0 Å². The Hall–Kier alpha value is -2.69. The Balaban J connectivity index is 1.24. The summed E-state index contributed by atoms with van der Waals surface area (Å²) < 4.78 is 50.4. The fraction of sp³-hybridized carbons (Fsp3) is 0.500. The molecule has 0 radical (unpaired) electrons. The van der Waals surface area contributed by atoms with Gasteiger partial charge in [0.05, 0.1) is 49.1 Å². The lowest BCUT2D eigenvalue weighted by Gasteiger charge is -2.32. The van der Waals surface area contributed by atoms with E-state index in [1.807, 2.05) is 52.1 Å². The number of ether oxygens (including phenoxy) is 1. The van der Waals surface area contributed by atoms with Gasteiger partial charge in [-0.3, -0.25) is 4.57 Å². The largest absolute Gasteiger partial charge is 0.495 e. The van der Waals surface area contributed by atoms with E-state index in [4.69, 9.17) is 28.3 Å². The molecule has 1 saturated carbocycles. The standard InChI is InChI=1S/C34H39B2FN2O5S/c1-31(2)32(3,4)42-35(41-31)21-11-12-24-20(14-21)15-25-29-23(37)16-22(36-43-33(5,6)34(7,8)44-36)17-26(29)40-30(39(24)25)27-18-38-28(45-27)13-19-9-10-19/h11-12,14-19,30H,9-10,13H2,1-8H3. The van der Waals surface area contributed by atoms with Gasteiger partial charge in [0, 0.05) is 18.0 Å². The predicted octanol–water partition coefficient (Wildman–Crippen LogP) is 6.39. The van der Waals surface area contributed by atoms with E-state index in [1.54, 1.807) is 11.3 Å². The zero-order valence-corrected chi connectivity index (χ0v) is 28.0. The molecule has 2 aromatic carbocycles. The number of rotatable bonds is 5. The molecule has 1 aliphatic carbocycles. The predicted molar refractivity (Wildman–Crippen MR) is 176 cm³/mol. The molecular weight excluding hydrogens is 589 g/mol. The lowest BCUT2D eigenvalue weighted by molar-refractivity contribution is 0.00578. The molecule has 7 nitrogen and oxygen atoms in total. The van der Waals surface area contributed by atoms with Crippen LogP contribution >= 0.6 is 11.3 Å². The van der Waals surface area contributed by atoms with Crippen LogP contribution in [0.5, 0.6) is 5.75 Å². The van der Waals surface area contributed by atoms with Crippen molar-refractivity contribution in [1.29, 1.82) is 0 Å². The summed E-state index contributed by atoms with van der Waals surface area (Å²) in [7, 11) is -1.21. The summed E-state index contributed by atoms with van der Waals surface area (Å²) >= 11 is 1.67. The minimum Gasteiger partial charge on any atom is -0.464 e. The normalized spacial score (nSPS) is 24.2. The molecule has 8 rings (SSSR count). The minimum atomic E-state index is -0.708. The number of aromatic nitrogens is 2. The van der Waals surface area contributed by atoms with Crippen molar-refractivity contribution in [3.05, 3.63) is 58.3 Å². The Kier molecular flexibility index (Phi) is 6.38. The van der Waals surface area contributed by atoms with Gasteiger partial charge in [-0.25, -0.2) is 9.37 Å². The van der Waals surface area contributed by atoms with Gasteiger partial charge in [0.25, 0.3) is 0 Å². The third kappa shape index (κ3) is 4.72. The van der Waals surface area contributed by atoms with Crippen LogP contribution in [0.25, 0.3) is 22.2 Å². The lowest BCUT2D eigenvalue weighted by Crippen LogP contribution is -2.41. The number of hydrogen-bond donors (Lipinski definition) is 0. The smallest absolute Gasteiger partial charge is 0.464 e. The maximum Gasteiger partial charge on any atom is 0.495 e. The summed E-state index contributed by atoms with van der Waals surface area (Å²) in [4.78, 5) is 5.74. The number of nitrogens with zero attached hydrogens (tertiary/aromatic N) is 2. The number of fused-ring (bicyclic) bond motifs is 5. The summed E-state index contributed by atoms with van der Waals surface area (Å²) in [6, 6.07) is 11.6. The van der Waals surface area contributed by atoms with Crippen LogP contribution in [0.2, 0.25) is 0 Å². The topological polar surface area (TPSA) is 64.0 Å². The van der Waals surface area contributed by atoms with Crippen molar-refractivity contribution < 1.29 is 27.7 Å². The second kappa shape index (κ2) is 9.67. The molecule has 3 aliphatic heterocycles. The summed E-state index contributed by atoms with van der Waals surface area (Å²) in [6.07, 6.45) is 4.93. The van der Waals surface area contributed by atoms with Gasteiger partial charge in [0.15, 0.2) is 0 Å². The summed E-state index contributed by atoms with van der Waals surface area (Å²) in [6.45, 7) is 16.2. The van der Waals surface area contributed by atoms with Crippen molar-refractivity contribution in [2.24, 2.45) is 5.92 Å². The van der Waals surface area contributed by atoms with Gasteiger partial charge in [-0.1, -0.05) is 12.1 Å². The van der Waals surface area contributed by atoms with Crippen LogP contribution in [0, 0.1) is 11.7 Å². The Morgan fingerprint density at radius 1 is 0.844 bits per heavy atom. The molecule has 0 N–H and O–H groups in total. The maximum absolute atomic E-state index is 16.3. The molecule has 45 heavy (non-hydrogen) atoms. The van der Waals surface area contributed by atoms with Gasteiger partial charge in [-0.05, 0) is 109 Å². The van der Waals surface area contributed by atoms with E-state index in [2.05, 4.69) is 44.4 Å². The number of hydrogen-bond acceptors (Lipinski definition) is 7. The molecule has 1 unspecified atom stereocenters. The summed E-state index contributed by atoms with van der Waals surface area (Å²) in [5, 5.41) is 2.07. The first-order chi connectivity index (χ1) is 21.1. The molecule has 4 aromatic rings. The molecule has 1 atom stereocenters. The Labute approximate surface area is 268 Å². The van der Waals surface area contributed by atoms with E-state index in [-0.39, 0.29) is 5.82 Å². The fourth-order valence-corrected chi connectivity index (χ4v) is 7.40. The van der Waals surface area contributed by atoms with Crippen molar-refractivity contribution in [3.63, 3.8) is 0 Å². The van der Waals surface area contributed by atoms with E-state index >= 15 is 4.39 Å². The maximum atomic E-state index is 16.3. The van der Waals surface area contributed by atoms with Gasteiger partial charge in [0.2, 0.25) is 6.23 Å². The monoisotopic (exact) mass is 628 g/mol. The quantitative estimate of drug-likeness (QED) is 0.239. The molecule has 0 spiro atoms. The van der Waals surface area contributed by atoms with E-state index in [9.17, 15) is 0 Å². The molecule has 2 saturated heterocycles. The van der Waals surface area contributed by atoms with Crippen molar-refractivity contribution in [2.45, 2.75) is 103 Å². The molecular formula is C34H39B2FN2O5S. The highest BCUT2D eigenvalue weighted by Crippen LogP contribution is 2.47. The highest BCUT2D eigenvalue weighted by molar-refractivity contribution is 7.11. The third-order valence-corrected chi connectivity index (χ3v) is 11.7. The third-order valence-electron chi connectivity index (χ3n) is 10.7. The molecule has 0 amide bonds. The van der Waals surface area contributed by atoms with E-state index < -0.39 is 42.9 Å². The lowest BCUT2D eigenvalue weighted by atomic mass is 9.78. The molecule has 11 heteroatoms. The molecule has 0 bridgehead atoms. The Morgan fingerprint density at radius 2 is 1.47 bits per heavy atom. The first-order valence-electron chi connectivity index (χ1n) is 15.9. The fourth-order valence-electron chi connectivity index (χ4n) is 6.34. The molecule has 2 aromatic heterocycles. The first kappa shape index (κ1) is 29.7. The zero-order chi connectivity index (χ0) is 31.7. The van der Waals surface area contributed by atoms with Crippen LogP contribution in [0.4, 0.5) is 4.39 Å². The Bertz CT molecular complexity index is 1810. The van der Waals surface area contributed by atoms with Gasteiger partial charge >= 0.3 is 14.2 Å². The second-order valence-corrected chi connectivity index (χ2v) is 16.2. The zero-order valence-electron chi connectivity index (χ0n) is 27.2. The van der Waals surface area contributed by atoms with E-state index in [1.165, 1.54) is 18.9 Å². The number of benzene rings is 2. The second-order valence-electron chi connectivity index (χ2n) is 15.0. The van der Waals surface area contributed by atoms with Crippen molar-refractivity contribution in [1.82, 2.24) is 9.55 Å². The number of halogens is 1. The first-order valence-corrected chi connectivity index (χ1v) is 16.8. The minimum absolute atomic E-state index is 0.385. The van der Waals surface area contributed by atoms with Gasteiger partial charge in [0.1, 0.15) is 11.6 Å². The van der Waals surface area contributed by atoms with E-state index in [0.717, 1.165) is 44.3 Å². The average molecular weight is 628 g/mol. The SMILES string of the molecule is CC1(C)OB(c2cc(F)c3c(c2)OC(c2cnc(CC4CC4)s2)n2c-3cc3cc(B4OC(C)(C)C(C)(C)O4)ccc32)OC1(C)C. The summed E-state index contributed by atoms with van der Waals surface area (Å²) in [5.41, 5.74) is 1.62. The molecule has 234 valence electrons. The van der Waals surface area contributed by atoms with Crippen LogP contribution in [0.15, 0.2) is 42.6 Å². The van der Waals surface area contributed by atoms with Crippen molar-refractivity contribution in [3.8, 4) is 17.0 Å². The molecule has 4 aliphatic rings. The highest BCUT2D eigenvalue weighted by atomic mass is 32.1. The molecule has 3 fully saturated rings.